The number of amides is 5. The van der Waals surface area contributed by atoms with Crippen LogP contribution < -0.4 is 15.0 Å². The molecule has 1 N–H and O–H groups in total. The number of benzene rings is 1. The molecule has 28 heavy (non-hydrogen) atoms. The summed E-state index contributed by atoms with van der Waals surface area (Å²) >= 11 is 0. The highest BCUT2D eigenvalue weighted by atomic mass is 16.5. The van der Waals surface area contributed by atoms with E-state index in [1.165, 1.54) is 6.07 Å². The second kappa shape index (κ2) is 7.68. The number of imide groups is 2. The third kappa shape index (κ3) is 3.41. The molecule has 1 heterocycles. The number of nitriles is 1. The molecule has 1 aliphatic carbocycles. The maximum absolute atomic E-state index is 12.7. The van der Waals surface area contributed by atoms with Crippen molar-refractivity contribution in [2.75, 3.05) is 18.1 Å². The first-order valence-electron chi connectivity index (χ1n) is 9.06. The van der Waals surface area contributed by atoms with E-state index >= 15 is 0 Å². The lowest BCUT2D eigenvalue weighted by atomic mass is 10.00. The van der Waals surface area contributed by atoms with E-state index in [1.807, 2.05) is 0 Å². The van der Waals surface area contributed by atoms with Crippen molar-refractivity contribution in [1.29, 1.82) is 5.26 Å². The Balaban J connectivity index is 1.78. The number of hydrogen-bond donors (Lipinski definition) is 1. The molecule has 1 aromatic rings. The average molecular weight is 384 g/mol. The molecule has 0 unspecified atom stereocenters. The van der Waals surface area contributed by atoms with Crippen LogP contribution in [0.2, 0.25) is 0 Å². The molecular weight excluding hydrogens is 364 g/mol. The molecule has 1 aliphatic heterocycles. The van der Waals surface area contributed by atoms with Crippen molar-refractivity contribution >= 4 is 29.4 Å². The summed E-state index contributed by atoms with van der Waals surface area (Å²) in [7, 11) is 0. The first kappa shape index (κ1) is 19.4. The fraction of sp³-hybridized carbons (Fsp3) is 0.421. The summed E-state index contributed by atoms with van der Waals surface area (Å²) in [5.74, 6) is -2.53. The molecule has 0 radical (unpaired) electrons. The molecule has 2 fully saturated rings. The molecule has 0 bridgehead atoms. The zero-order chi connectivity index (χ0) is 20.3. The molecule has 2 aliphatic rings. The Labute approximate surface area is 161 Å². The van der Waals surface area contributed by atoms with Crippen LogP contribution in [0.4, 0.5) is 10.5 Å². The topological polar surface area (TPSA) is 120 Å². The number of nitrogens with zero attached hydrogens (tertiary/aromatic N) is 3. The van der Waals surface area contributed by atoms with E-state index < -0.39 is 35.8 Å². The van der Waals surface area contributed by atoms with Gasteiger partial charge in [0.1, 0.15) is 17.8 Å². The van der Waals surface area contributed by atoms with Gasteiger partial charge in [-0.25, -0.2) is 14.6 Å². The summed E-state index contributed by atoms with van der Waals surface area (Å²) in [5.41, 5.74) is -0.839. The minimum Gasteiger partial charge on any atom is -0.492 e. The average Bonchev–Trinajstić information content (AvgIpc) is 3.22. The van der Waals surface area contributed by atoms with E-state index in [2.05, 4.69) is 11.4 Å². The smallest absolute Gasteiger partial charge is 0.339 e. The molecule has 1 aromatic carbocycles. The van der Waals surface area contributed by atoms with Gasteiger partial charge in [-0.15, -0.1) is 0 Å². The Kier molecular flexibility index (Phi) is 5.31. The molecule has 9 heteroatoms. The van der Waals surface area contributed by atoms with Gasteiger partial charge >= 0.3 is 17.8 Å². The van der Waals surface area contributed by atoms with Gasteiger partial charge in [0, 0.05) is 0 Å². The van der Waals surface area contributed by atoms with Gasteiger partial charge in [-0.1, -0.05) is 12.1 Å². The maximum atomic E-state index is 12.7. The molecule has 146 valence electrons. The minimum absolute atomic E-state index is 0.139. The summed E-state index contributed by atoms with van der Waals surface area (Å²) in [5, 5.41) is 12.0. The number of nitrogens with one attached hydrogen (secondary N) is 1. The molecule has 3 rings (SSSR count). The van der Waals surface area contributed by atoms with Gasteiger partial charge in [-0.2, -0.15) is 5.26 Å². The Morgan fingerprint density at radius 2 is 1.89 bits per heavy atom. The summed E-state index contributed by atoms with van der Waals surface area (Å²) in [4.78, 5) is 51.1. The van der Waals surface area contributed by atoms with Crippen LogP contribution in [0.5, 0.6) is 5.75 Å². The molecule has 5 amide bonds. The van der Waals surface area contributed by atoms with Crippen molar-refractivity contribution in [2.45, 2.75) is 38.1 Å². The van der Waals surface area contributed by atoms with E-state index in [1.54, 1.807) is 25.1 Å². The first-order valence-corrected chi connectivity index (χ1v) is 9.06. The quantitative estimate of drug-likeness (QED) is 0.584. The Hall–Kier alpha value is -3.41. The fourth-order valence-corrected chi connectivity index (χ4v) is 3.47. The number of urea groups is 1. The lowest BCUT2D eigenvalue weighted by Gasteiger charge is -2.23. The predicted molar refractivity (Wildman–Crippen MR) is 97.2 cm³/mol. The van der Waals surface area contributed by atoms with Crippen LogP contribution in [0.3, 0.4) is 0 Å². The minimum atomic E-state index is -1.09. The second-order valence-electron chi connectivity index (χ2n) is 6.66. The number of para-hydroxylation sites is 2. The van der Waals surface area contributed by atoms with Crippen LogP contribution in [0.15, 0.2) is 24.3 Å². The SMILES string of the molecule is CCOc1ccccc1N1C(=O)C(=O)N(CC(=O)NC2(C#N)CCCC2)C1=O. The number of rotatable bonds is 6. The van der Waals surface area contributed by atoms with Crippen molar-refractivity contribution in [3.05, 3.63) is 24.3 Å². The fourth-order valence-electron chi connectivity index (χ4n) is 3.47. The lowest BCUT2D eigenvalue weighted by Crippen LogP contribution is -2.50. The van der Waals surface area contributed by atoms with Crippen LogP contribution in [0.25, 0.3) is 0 Å². The van der Waals surface area contributed by atoms with Gasteiger partial charge in [-0.05, 0) is 44.7 Å². The summed E-state index contributed by atoms with van der Waals surface area (Å²) in [6, 6.07) is 7.53. The molecule has 1 saturated heterocycles. The van der Waals surface area contributed by atoms with Crippen molar-refractivity contribution in [1.82, 2.24) is 10.2 Å². The summed E-state index contributed by atoms with van der Waals surface area (Å²) in [6.07, 6.45) is 2.67. The van der Waals surface area contributed by atoms with Gasteiger partial charge in [0.2, 0.25) is 5.91 Å². The highest BCUT2D eigenvalue weighted by molar-refractivity contribution is 6.53. The number of carbonyl (C=O) groups is 4. The van der Waals surface area contributed by atoms with Crippen LogP contribution in [-0.4, -0.2) is 47.3 Å². The number of anilines is 1. The molecule has 0 atom stereocenters. The molecule has 0 spiro atoms. The van der Waals surface area contributed by atoms with E-state index in [0.29, 0.717) is 29.2 Å². The van der Waals surface area contributed by atoms with E-state index in [9.17, 15) is 24.4 Å². The first-order chi connectivity index (χ1) is 13.4. The van der Waals surface area contributed by atoms with Gasteiger partial charge in [-0.3, -0.25) is 14.4 Å². The van der Waals surface area contributed by atoms with Crippen LogP contribution in [-0.2, 0) is 14.4 Å². The van der Waals surface area contributed by atoms with Gasteiger partial charge < -0.3 is 10.1 Å². The standard InChI is InChI=1S/C19H20N4O5/c1-2-28-14-8-4-3-7-13(14)23-17(26)16(25)22(18(23)27)11-15(24)21-19(12-20)9-5-6-10-19/h3-4,7-8H,2,5-6,9-11H2,1H3,(H,21,24). The zero-order valence-corrected chi connectivity index (χ0v) is 15.4. The predicted octanol–water partition coefficient (Wildman–Crippen LogP) is 1.33. The van der Waals surface area contributed by atoms with Crippen LogP contribution in [0.1, 0.15) is 32.6 Å². The van der Waals surface area contributed by atoms with Crippen molar-refractivity contribution in [3.8, 4) is 11.8 Å². The maximum Gasteiger partial charge on any atom is 0.339 e. The Morgan fingerprint density at radius 3 is 2.54 bits per heavy atom. The Bertz CT molecular complexity index is 869. The highest BCUT2D eigenvalue weighted by Gasteiger charge is 2.47. The molecule has 0 aromatic heterocycles. The largest absolute Gasteiger partial charge is 0.492 e. The number of hydrogen-bond acceptors (Lipinski definition) is 6. The van der Waals surface area contributed by atoms with Crippen molar-refractivity contribution < 1.29 is 23.9 Å². The number of ether oxygens (including phenoxy) is 1. The molecular formula is C19H20N4O5. The van der Waals surface area contributed by atoms with Crippen molar-refractivity contribution in [2.24, 2.45) is 0 Å². The zero-order valence-electron chi connectivity index (χ0n) is 15.4. The monoisotopic (exact) mass is 384 g/mol. The number of carbonyl (C=O) groups excluding carboxylic acids is 4. The molecule has 9 nitrogen and oxygen atoms in total. The van der Waals surface area contributed by atoms with E-state index in [0.717, 1.165) is 12.8 Å². The van der Waals surface area contributed by atoms with Gasteiger partial charge in [0.25, 0.3) is 0 Å². The second-order valence-corrected chi connectivity index (χ2v) is 6.66. The molecule has 1 saturated carbocycles. The van der Waals surface area contributed by atoms with Crippen LogP contribution >= 0.6 is 0 Å². The van der Waals surface area contributed by atoms with Gasteiger partial charge in [0.15, 0.2) is 0 Å². The summed E-state index contributed by atoms with van der Waals surface area (Å²) in [6.45, 7) is 1.43. The third-order valence-electron chi connectivity index (χ3n) is 4.81. The van der Waals surface area contributed by atoms with Crippen LogP contribution in [0, 0.1) is 11.3 Å². The van der Waals surface area contributed by atoms with Crippen molar-refractivity contribution in [3.63, 3.8) is 0 Å². The Morgan fingerprint density at radius 1 is 1.21 bits per heavy atom. The highest BCUT2D eigenvalue weighted by Crippen LogP contribution is 2.32. The lowest BCUT2D eigenvalue weighted by molar-refractivity contribution is -0.140. The van der Waals surface area contributed by atoms with E-state index in [4.69, 9.17) is 4.74 Å². The normalized spacial score (nSPS) is 18.4. The third-order valence-corrected chi connectivity index (χ3v) is 4.81. The summed E-state index contributed by atoms with van der Waals surface area (Å²) < 4.78 is 5.42. The van der Waals surface area contributed by atoms with E-state index in [-0.39, 0.29) is 11.4 Å². The van der Waals surface area contributed by atoms with Gasteiger partial charge in [0.05, 0.1) is 18.4 Å².